The van der Waals surface area contributed by atoms with Crippen LogP contribution in [0.1, 0.15) is 22.3 Å². The molecule has 0 aliphatic carbocycles. The molecule has 1 fully saturated rings. The van der Waals surface area contributed by atoms with Crippen molar-refractivity contribution < 1.29 is 9.90 Å². The number of hydrogen-bond acceptors (Lipinski definition) is 3. The van der Waals surface area contributed by atoms with Gasteiger partial charge in [-0.2, -0.15) is 0 Å². The summed E-state index contributed by atoms with van der Waals surface area (Å²) in [6.07, 6.45) is -0.171. The summed E-state index contributed by atoms with van der Waals surface area (Å²) in [6.45, 7) is 0.577. The van der Waals surface area contributed by atoms with Gasteiger partial charge < -0.3 is 14.9 Å². The number of hydrogen-bond donors (Lipinski definition) is 1. The Bertz CT molecular complexity index is 2080. The van der Waals surface area contributed by atoms with E-state index in [0.717, 1.165) is 43.8 Å². The number of carbonyl (C=O) groups is 1. The molecule has 1 N–H and O–H groups in total. The van der Waals surface area contributed by atoms with Gasteiger partial charge in [-0.25, -0.2) is 4.79 Å². The van der Waals surface area contributed by atoms with E-state index in [9.17, 15) is 15.4 Å². The molecule has 7 heteroatoms. The zero-order valence-corrected chi connectivity index (χ0v) is 26.6. The number of urea groups is 1. The van der Waals surface area contributed by atoms with E-state index in [1.165, 1.54) is 0 Å². The number of nitrogens with zero attached hydrogens (tertiary/aromatic N) is 5. The fourth-order valence-electron chi connectivity index (χ4n) is 7.13. The Morgan fingerprint density at radius 1 is 0.625 bits per heavy atom. The zero-order valence-electron chi connectivity index (χ0n) is 26.6. The molecule has 0 spiro atoms. The third-order valence-electron chi connectivity index (χ3n) is 9.50. The Morgan fingerprint density at radius 2 is 1.12 bits per heavy atom. The normalized spacial score (nSPS) is 18.5. The van der Waals surface area contributed by atoms with Crippen molar-refractivity contribution in [2.24, 2.45) is 5.11 Å². The number of aliphatic hydroxyl groups is 1. The van der Waals surface area contributed by atoms with E-state index in [1.54, 1.807) is 4.90 Å². The molecule has 0 radical (unpaired) electrons. The molecule has 238 valence electrons. The van der Waals surface area contributed by atoms with Gasteiger partial charge in [-0.05, 0) is 74.3 Å². The maximum absolute atomic E-state index is 15.0. The molecule has 1 aliphatic heterocycles. The molecule has 1 saturated heterocycles. The zero-order chi connectivity index (χ0) is 32.9. The largest absolute Gasteiger partial charge is 0.389 e. The van der Waals surface area contributed by atoms with Gasteiger partial charge >= 0.3 is 6.03 Å². The Kier molecular flexibility index (Phi) is 9.05. The van der Waals surface area contributed by atoms with Crippen molar-refractivity contribution >= 4 is 27.6 Å². The summed E-state index contributed by atoms with van der Waals surface area (Å²) < 4.78 is 0. The van der Waals surface area contributed by atoms with Crippen LogP contribution in [-0.4, -0.2) is 45.2 Å². The third-order valence-corrected chi connectivity index (χ3v) is 9.50. The first-order valence-corrected chi connectivity index (χ1v) is 16.4. The van der Waals surface area contributed by atoms with Crippen molar-refractivity contribution in [3.63, 3.8) is 0 Å². The predicted molar refractivity (Wildman–Crippen MR) is 191 cm³/mol. The van der Waals surface area contributed by atoms with E-state index >= 15 is 0 Å². The average Bonchev–Trinajstić information content (AvgIpc) is 3.12. The second-order valence-electron chi connectivity index (χ2n) is 12.6. The predicted octanol–water partition coefficient (Wildman–Crippen LogP) is 8.69. The minimum absolute atomic E-state index is 0.196. The number of rotatable bonds is 10. The number of carbonyl (C=O) groups excluding carboxylic acids is 1. The number of benzene rings is 6. The topological polar surface area (TPSA) is 92.5 Å². The monoisotopic (exact) mass is 631 g/mol. The first-order valence-electron chi connectivity index (χ1n) is 16.4. The molecule has 48 heavy (non-hydrogen) atoms. The minimum Gasteiger partial charge on any atom is -0.389 e. The molecular weight excluding hydrogens is 594 g/mol. The van der Waals surface area contributed by atoms with Crippen molar-refractivity contribution in [3.05, 3.63) is 178 Å². The molecule has 1 heterocycles. The van der Waals surface area contributed by atoms with Gasteiger partial charge in [0.15, 0.2) is 0 Å². The molecule has 1 aliphatic rings. The van der Waals surface area contributed by atoms with Crippen molar-refractivity contribution in [3.8, 4) is 0 Å². The van der Waals surface area contributed by atoms with E-state index < -0.39 is 24.2 Å². The van der Waals surface area contributed by atoms with Gasteiger partial charge in [0, 0.05) is 18.0 Å². The smallest absolute Gasteiger partial charge is 0.321 e. The molecule has 6 aromatic carbocycles. The summed E-state index contributed by atoms with van der Waals surface area (Å²) in [5.74, 6) is 0. The lowest BCUT2D eigenvalue weighted by Crippen LogP contribution is -2.68. The molecule has 0 bridgehead atoms. The standard InChI is InChI=1S/C41H37N5O2/c42-44-43-37(25-29-11-3-1-4-12-29)39-40(47)38(26-30-13-5-2-6-14-30)45(27-31-19-21-33-15-7-9-17-35(33)23-31)41(48)46(39)28-32-20-22-34-16-8-10-18-36(34)24-32/h1-24,37-40,47H,25-28H2/t37-,38+,39+,40+/m0/s1. The van der Waals surface area contributed by atoms with E-state index in [-0.39, 0.29) is 12.6 Å². The summed E-state index contributed by atoms with van der Waals surface area (Å²) in [4.78, 5) is 21.8. The summed E-state index contributed by atoms with van der Waals surface area (Å²) >= 11 is 0. The lowest BCUT2D eigenvalue weighted by atomic mass is 9.85. The summed E-state index contributed by atoms with van der Waals surface area (Å²) in [5, 5.41) is 21.2. The number of fused-ring (bicyclic) bond motifs is 2. The van der Waals surface area contributed by atoms with Gasteiger partial charge in [0.05, 0.1) is 24.2 Å². The Labute approximate surface area is 280 Å². The van der Waals surface area contributed by atoms with Crippen LogP contribution >= 0.6 is 0 Å². The van der Waals surface area contributed by atoms with E-state index in [1.807, 2.05) is 95.9 Å². The Balaban J connectivity index is 1.32. The highest BCUT2D eigenvalue weighted by Crippen LogP contribution is 2.33. The highest BCUT2D eigenvalue weighted by Gasteiger charge is 2.48. The summed E-state index contributed by atoms with van der Waals surface area (Å²) in [7, 11) is 0. The highest BCUT2D eigenvalue weighted by molar-refractivity contribution is 5.84. The second-order valence-corrected chi connectivity index (χ2v) is 12.6. The first-order chi connectivity index (χ1) is 23.6. The lowest BCUT2D eigenvalue weighted by molar-refractivity contribution is -0.0505. The van der Waals surface area contributed by atoms with Gasteiger partial charge in [0.2, 0.25) is 0 Å². The number of amides is 2. The van der Waals surface area contributed by atoms with Crippen LogP contribution in [0.25, 0.3) is 32.0 Å². The van der Waals surface area contributed by atoms with E-state index in [4.69, 9.17) is 0 Å². The minimum atomic E-state index is -1.01. The second kappa shape index (κ2) is 14.0. The molecule has 4 atom stereocenters. The molecule has 2 amide bonds. The van der Waals surface area contributed by atoms with E-state index in [0.29, 0.717) is 19.4 Å². The van der Waals surface area contributed by atoms with Crippen LogP contribution in [0, 0.1) is 0 Å². The van der Waals surface area contributed by atoms with Gasteiger partial charge in [0.1, 0.15) is 0 Å². The molecule has 0 aromatic heterocycles. The summed E-state index contributed by atoms with van der Waals surface area (Å²) in [6, 6.07) is 46.3. The summed E-state index contributed by atoms with van der Waals surface area (Å²) in [5.41, 5.74) is 13.7. The fraction of sp³-hybridized carbons (Fsp3) is 0.195. The highest BCUT2D eigenvalue weighted by atomic mass is 16.3. The van der Waals surface area contributed by atoms with Crippen LogP contribution in [0.15, 0.2) is 151 Å². The van der Waals surface area contributed by atoms with Gasteiger partial charge in [-0.15, -0.1) is 0 Å². The average molecular weight is 632 g/mol. The number of azide groups is 1. The first kappa shape index (κ1) is 31.0. The molecule has 7 rings (SSSR count). The molecule has 0 unspecified atom stereocenters. The van der Waals surface area contributed by atoms with Crippen LogP contribution in [0.2, 0.25) is 0 Å². The maximum atomic E-state index is 15.0. The molecule has 6 aromatic rings. The van der Waals surface area contributed by atoms with Crippen LogP contribution in [0.5, 0.6) is 0 Å². The number of aliphatic hydroxyl groups excluding tert-OH is 1. The quantitative estimate of drug-likeness (QED) is 0.0931. The lowest BCUT2D eigenvalue weighted by Gasteiger charge is -2.51. The van der Waals surface area contributed by atoms with Crippen LogP contribution in [0.4, 0.5) is 4.79 Å². The van der Waals surface area contributed by atoms with Crippen molar-refractivity contribution in [2.75, 3.05) is 0 Å². The van der Waals surface area contributed by atoms with Gasteiger partial charge in [0.25, 0.3) is 0 Å². The van der Waals surface area contributed by atoms with Crippen molar-refractivity contribution in [1.82, 2.24) is 9.80 Å². The van der Waals surface area contributed by atoms with Crippen LogP contribution in [-0.2, 0) is 25.9 Å². The van der Waals surface area contributed by atoms with E-state index in [2.05, 4.69) is 64.6 Å². The van der Waals surface area contributed by atoms with Gasteiger partial charge in [-0.1, -0.05) is 139 Å². The van der Waals surface area contributed by atoms with Crippen LogP contribution in [0.3, 0.4) is 0 Å². The SMILES string of the molecule is [N-]=[N+]=N[C@@H](Cc1ccccc1)[C@@H]1[C@H](O)[C@@H](Cc2ccccc2)N(Cc2ccc3ccccc3c2)C(=O)N1Cc1ccc2ccccc2c1. The third kappa shape index (κ3) is 6.60. The fourth-order valence-corrected chi connectivity index (χ4v) is 7.13. The Hall–Kier alpha value is -5.62. The molecular formula is C41H37N5O2. The molecule has 0 saturated carbocycles. The Morgan fingerprint density at radius 3 is 1.69 bits per heavy atom. The van der Waals surface area contributed by atoms with Crippen molar-refractivity contribution in [1.29, 1.82) is 0 Å². The van der Waals surface area contributed by atoms with Crippen molar-refractivity contribution in [2.45, 2.75) is 50.2 Å². The van der Waals surface area contributed by atoms with Crippen LogP contribution < -0.4 is 0 Å². The van der Waals surface area contributed by atoms with Gasteiger partial charge in [-0.3, -0.25) is 0 Å². The maximum Gasteiger partial charge on any atom is 0.321 e. The molecule has 7 nitrogen and oxygen atoms in total.